The van der Waals surface area contributed by atoms with Crippen LogP contribution in [0.1, 0.15) is 16.7 Å². The summed E-state index contributed by atoms with van der Waals surface area (Å²) in [7, 11) is 3.73. The molecule has 2 aliphatic heterocycles. The predicted molar refractivity (Wildman–Crippen MR) is 126 cm³/mol. The van der Waals surface area contributed by atoms with E-state index in [0.717, 1.165) is 42.5 Å². The SMILES string of the molecule is COc1cc(/C=C2\SC(N3CCN(C)CC3)=NC2=O)ccc1OCc1ccc(C)cc1. The zero-order valence-corrected chi connectivity index (χ0v) is 18.9. The summed E-state index contributed by atoms with van der Waals surface area (Å²) in [5.74, 6) is 1.12. The maximum absolute atomic E-state index is 12.4. The van der Waals surface area contributed by atoms with Crippen molar-refractivity contribution in [1.29, 1.82) is 0 Å². The van der Waals surface area contributed by atoms with Crippen molar-refractivity contribution in [1.82, 2.24) is 9.80 Å². The number of aliphatic imine (C=N–C) groups is 1. The van der Waals surface area contributed by atoms with E-state index in [1.165, 1.54) is 17.3 Å². The van der Waals surface area contributed by atoms with Crippen molar-refractivity contribution in [2.45, 2.75) is 13.5 Å². The van der Waals surface area contributed by atoms with Crippen LogP contribution in [-0.2, 0) is 11.4 Å². The Bertz CT molecular complexity index is 1010. The molecule has 4 rings (SSSR count). The van der Waals surface area contributed by atoms with E-state index in [4.69, 9.17) is 9.47 Å². The van der Waals surface area contributed by atoms with Gasteiger partial charge >= 0.3 is 0 Å². The fourth-order valence-corrected chi connectivity index (χ4v) is 4.39. The highest BCUT2D eigenvalue weighted by Crippen LogP contribution is 2.34. The van der Waals surface area contributed by atoms with Crippen LogP contribution in [0.4, 0.5) is 0 Å². The van der Waals surface area contributed by atoms with Crippen molar-refractivity contribution in [2.75, 3.05) is 40.3 Å². The Morgan fingerprint density at radius 1 is 1.06 bits per heavy atom. The number of piperazine rings is 1. The molecule has 2 aromatic rings. The number of carbonyl (C=O) groups is 1. The van der Waals surface area contributed by atoms with Crippen molar-refractivity contribution < 1.29 is 14.3 Å². The second kappa shape index (κ2) is 9.58. The van der Waals surface area contributed by atoms with Gasteiger partial charge < -0.3 is 19.3 Å². The molecule has 2 aliphatic rings. The third-order valence-corrected chi connectivity index (χ3v) is 6.43. The lowest BCUT2D eigenvalue weighted by Gasteiger charge is -2.32. The van der Waals surface area contributed by atoms with E-state index in [0.29, 0.717) is 23.0 Å². The van der Waals surface area contributed by atoms with E-state index in [1.54, 1.807) is 7.11 Å². The van der Waals surface area contributed by atoms with E-state index in [9.17, 15) is 4.79 Å². The highest BCUT2D eigenvalue weighted by molar-refractivity contribution is 8.18. The molecule has 0 aliphatic carbocycles. The van der Waals surface area contributed by atoms with Gasteiger partial charge in [-0.1, -0.05) is 35.9 Å². The van der Waals surface area contributed by atoms with Gasteiger partial charge in [-0.2, -0.15) is 4.99 Å². The second-order valence-electron chi connectivity index (χ2n) is 7.79. The molecular formula is C24H27N3O3S. The molecule has 0 N–H and O–H groups in total. The number of aryl methyl sites for hydroxylation is 1. The zero-order valence-electron chi connectivity index (χ0n) is 18.1. The molecule has 0 atom stereocenters. The lowest BCUT2D eigenvalue weighted by Crippen LogP contribution is -2.46. The minimum atomic E-state index is -0.183. The van der Waals surface area contributed by atoms with Crippen molar-refractivity contribution in [3.8, 4) is 11.5 Å². The Labute approximate surface area is 187 Å². The van der Waals surface area contributed by atoms with E-state index < -0.39 is 0 Å². The van der Waals surface area contributed by atoms with Crippen molar-refractivity contribution in [3.05, 3.63) is 64.1 Å². The molecule has 0 aromatic heterocycles. The summed E-state index contributed by atoms with van der Waals surface area (Å²) in [6.45, 7) is 6.27. The van der Waals surface area contributed by atoms with Gasteiger partial charge in [-0.05, 0) is 55.1 Å². The van der Waals surface area contributed by atoms with Crippen molar-refractivity contribution >= 4 is 28.9 Å². The number of carbonyl (C=O) groups excluding carboxylic acids is 1. The van der Waals surface area contributed by atoms with Crippen LogP contribution in [0, 0.1) is 6.92 Å². The smallest absolute Gasteiger partial charge is 0.286 e. The Morgan fingerprint density at radius 3 is 2.52 bits per heavy atom. The molecule has 0 radical (unpaired) electrons. The van der Waals surface area contributed by atoms with Crippen LogP contribution in [0.2, 0.25) is 0 Å². The summed E-state index contributed by atoms with van der Waals surface area (Å²) in [6.07, 6.45) is 1.87. The van der Waals surface area contributed by atoms with Gasteiger partial charge in [0.15, 0.2) is 16.7 Å². The lowest BCUT2D eigenvalue weighted by atomic mass is 10.1. The molecule has 7 heteroatoms. The van der Waals surface area contributed by atoms with Crippen LogP contribution in [-0.4, -0.2) is 61.2 Å². The number of thioether (sulfide) groups is 1. The summed E-state index contributed by atoms with van der Waals surface area (Å²) in [5, 5.41) is 0.800. The van der Waals surface area contributed by atoms with Gasteiger partial charge in [0.1, 0.15) is 6.61 Å². The maximum atomic E-state index is 12.4. The number of hydrogen-bond donors (Lipinski definition) is 0. The van der Waals surface area contributed by atoms with Crippen molar-refractivity contribution in [3.63, 3.8) is 0 Å². The monoisotopic (exact) mass is 437 g/mol. The Kier molecular flexibility index (Phi) is 6.63. The molecule has 1 saturated heterocycles. The average Bonchev–Trinajstić information content (AvgIpc) is 3.14. The van der Waals surface area contributed by atoms with E-state index >= 15 is 0 Å². The molecule has 162 valence electrons. The molecule has 31 heavy (non-hydrogen) atoms. The van der Waals surface area contributed by atoms with Crippen LogP contribution in [0.15, 0.2) is 52.4 Å². The summed E-state index contributed by atoms with van der Waals surface area (Å²) in [6, 6.07) is 14.0. The molecule has 0 spiro atoms. The fraction of sp³-hybridized carbons (Fsp3) is 0.333. The summed E-state index contributed by atoms with van der Waals surface area (Å²) < 4.78 is 11.5. The number of nitrogens with zero attached hydrogens (tertiary/aromatic N) is 3. The van der Waals surface area contributed by atoms with Gasteiger partial charge in [-0.3, -0.25) is 4.79 Å². The predicted octanol–water partition coefficient (Wildman–Crippen LogP) is 3.80. The van der Waals surface area contributed by atoms with Crippen molar-refractivity contribution in [2.24, 2.45) is 4.99 Å². The molecule has 0 unspecified atom stereocenters. The minimum absolute atomic E-state index is 0.183. The second-order valence-corrected chi connectivity index (χ2v) is 8.79. The van der Waals surface area contributed by atoms with Crippen LogP contribution < -0.4 is 9.47 Å². The van der Waals surface area contributed by atoms with Crippen LogP contribution in [0.3, 0.4) is 0 Å². The first-order valence-electron chi connectivity index (χ1n) is 10.3. The molecule has 0 saturated carbocycles. The number of amidine groups is 1. The van der Waals surface area contributed by atoms with Gasteiger partial charge in [0, 0.05) is 26.2 Å². The number of rotatable bonds is 5. The highest BCUT2D eigenvalue weighted by Gasteiger charge is 2.27. The largest absolute Gasteiger partial charge is 0.493 e. The fourth-order valence-electron chi connectivity index (χ4n) is 3.42. The summed E-state index contributed by atoms with van der Waals surface area (Å²) in [5.41, 5.74) is 3.20. The van der Waals surface area contributed by atoms with Crippen LogP contribution in [0.5, 0.6) is 11.5 Å². The van der Waals surface area contributed by atoms with Gasteiger partial charge in [-0.25, -0.2) is 0 Å². The topological polar surface area (TPSA) is 54.4 Å². The van der Waals surface area contributed by atoms with E-state index in [1.807, 2.05) is 24.3 Å². The van der Waals surface area contributed by atoms with Gasteiger partial charge in [0.05, 0.1) is 12.0 Å². The Balaban J connectivity index is 1.43. The molecule has 2 heterocycles. The minimum Gasteiger partial charge on any atom is -0.493 e. The number of likely N-dealkylation sites (N-methyl/N-ethyl adjacent to an activating group) is 1. The quantitative estimate of drug-likeness (QED) is 0.664. The Hall–Kier alpha value is -2.77. The van der Waals surface area contributed by atoms with E-state index in [2.05, 4.69) is 53.0 Å². The first kappa shape index (κ1) is 21.5. The van der Waals surface area contributed by atoms with E-state index in [-0.39, 0.29) is 5.91 Å². The molecule has 0 bridgehead atoms. The number of benzene rings is 2. The number of methoxy groups -OCH3 is 1. The first-order chi connectivity index (χ1) is 15.0. The summed E-state index contributed by atoms with van der Waals surface area (Å²) in [4.78, 5) is 21.8. The highest BCUT2D eigenvalue weighted by atomic mass is 32.2. The van der Waals surface area contributed by atoms with Gasteiger partial charge in [-0.15, -0.1) is 0 Å². The third-order valence-electron chi connectivity index (χ3n) is 5.38. The van der Waals surface area contributed by atoms with Crippen LogP contribution in [0.25, 0.3) is 6.08 Å². The number of hydrogen-bond acceptors (Lipinski definition) is 6. The molecule has 1 fully saturated rings. The number of ether oxygens (including phenoxy) is 2. The average molecular weight is 438 g/mol. The normalized spacial score (nSPS) is 18.4. The third kappa shape index (κ3) is 5.29. The molecular weight excluding hydrogens is 410 g/mol. The zero-order chi connectivity index (χ0) is 21.8. The first-order valence-corrected chi connectivity index (χ1v) is 11.2. The lowest BCUT2D eigenvalue weighted by molar-refractivity contribution is -0.113. The molecule has 6 nitrogen and oxygen atoms in total. The molecule has 1 amide bonds. The van der Waals surface area contributed by atoms with Gasteiger partial charge in [0.2, 0.25) is 0 Å². The summed E-state index contributed by atoms with van der Waals surface area (Å²) >= 11 is 1.44. The maximum Gasteiger partial charge on any atom is 0.286 e. The molecule has 2 aromatic carbocycles. The Morgan fingerprint density at radius 2 is 1.81 bits per heavy atom. The van der Waals surface area contributed by atoms with Crippen LogP contribution >= 0.6 is 11.8 Å². The van der Waals surface area contributed by atoms with Gasteiger partial charge in [0.25, 0.3) is 5.91 Å². The number of amides is 1. The standard InChI is InChI=1S/C24H27N3O3S/c1-17-4-6-18(7-5-17)16-30-20-9-8-19(14-21(20)29-3)15-22-23(28)25-24(31-22)27-12-10-26(2)11-13-27/h4-9,14-15H,10-13,16H2,1-3H3/b22-15-.